The minimum absolute atomic E-state index is 0.411. The van der Waals surface area contributed by atoms with Crippen molar-refractivity contribution in [3.63, 3.8) is 0 Å². The van der Waals surface area contributed by atoms with Gasteiger partial charge in [0.25, 0.3) is 11.5 Å². The first-order chi connectivity index (χ1) is 10.2. The Hall–Kier alpha value is -2.71. The van der Waals surface area contributed by atoms with Crippen LogP contribution in [0, 0.1) is 11.6 Å². The molecule has 1 heterocycles. The van der Waals surface area contributed by atoms with Crippen LogP contribution in [0.15, 0.2) is 35.1 Å². The van der Waals surface area contributed by atoms with Crippen LogP contribution < -0.4 is 10.9 Å². The van der Waals surface area contributed by atoms with Crippen LogP contribution in [-0.2, 0) is 6.18 Å². The predicted octanol–water partition coefficient (Wildman–Crippen LogP) is 2.92. The zero-order valence-corrected chi connectivity index (χ0v) is 10.6. The fourth-order valence-electron chi connectivity index (χ4n) is 1.60. The Morgan fingerprint density at radius 1 is 1.09 bits per heavy atom. The average Bonchev–Trinajstić information content (AvgIpc) is 2.40. The van der Waals surface area contributed by atoms with E-state index in [1.165, 1.54) is 4.98 Å². The van der Waals surface area contributed by atoms with E-state index < -0.39 is 46.2 Å². The zero-order chi connectivity index (χ0) is 16.5. The number of hydrogen-bond donors (Lipinski definition) is 2. The molecule has 22 heavy (non-hydrogen) atoms. The lowest BCUT2D eigenvalue weighted by atomic mass is 10.2. The number of amides is 1. The lowest BCUT2D eigenvalue weighted by molar-refractivity contribution is -0.141. The summed E-state index contributed by atoms with van der Waals surface area (Å²) < 4.78 is 63.2. The number of carbonyl (C=O) groups is 1. The predicted molar refractivity (Wildman–Crippen MR) is 66.4 cm³/mol. The molecule has 0 atom stereocenters. The van der Waals surface area contributed by atoms with Gasteiger partial charge >= 0.3 is 6.18 Å². The highest BCUT2D eigenvalue weighted by molar-refractivity contribution is 6.04. The molecule has 1 aromatic heterocycles. The number of H-pyrrole nitrogens is 1. The fourth-order valence-corrected chi connectivity index (χ4v) is 1.60. The summed E-state index contributed by atoms with van der Waals surface area (Å²) in [6, 6.07) is 3.47. The van der Waals surface area contributed by atoms with E-state index in [4.69, 9.17) is 0 Å². The molecule has 2 N–H and O–H groups in total. The van der Waals surface area contributed by atoms with Crippen molar-refractivity contribution in [2.75, 3.05) is 5.32 Å². The molecule has 2 rings (SSSR count). The van der Waals surface area contributed by atoms with Crippen LogP contribution in [0.2, 0.25) is 0 Å². The van der Waals surface area contributed by atoms with E-state index in [0.29, 0.717) is 18.2 Å². The highest BCUT2D eigenvalue weighted by Crippen LogP contribution is 2.26. The molecule has 9 heteroatoms. The molecule has 1 amide bonds. The average molecular weight is 318 g/mol. The molecule has 4 nitrogen and oxygen atoms in total. The Bertz CT molecular complexity index is 783. The summed E-state index contributed by atoms with van der Waals surface area (Å²) in [6.07, 6.45) is -4.77. The van der Waals surface area contributed by atoms with E-state index in [-0.39, 0.29) is 0 Å². The zero-order valence-electron chi connectivity index (χ0n) is 10.6. The van der Waals surface area contributed by atoms with Gasteiger partial charge in [-0.3, -0.25) is 9.59 Å². The van der Waals surface area contributed by atoms with Crippen LogP contribution in [0.25, 0.3) is 0 Å². The van der Waals surface area contributed by atoms with E-state index in [1.54, 1.807) is 0 Å². The van der Waals surface area contributed by atoms with Gasteiger partial charge in [-0.15, -0.1) is 0 Å². The number of hydrogen-bond acceptors (Lipinski definition) is 2. The SMILES string of the molecule is O=C(Nc1ccc(F)cc1F)c1ccc(C(F)(F)F)[nH]c1=O. The van der Waals surface area contributed by atoms with Gasteiger partial charge in [0.1, 0.15) is 22.9 Å². The smallest absolute Gasteiger partial charge is 0.319 e. The molecule has 0 radical (unpaired) electrons. The Kier molecular flexibility index (Phi) is 3.98. The van der Waals surface area contributed by atoms with Gasteiger partial charge in [0.05, 0.1) is 5.69 Å². The van der Waals surface area contributed by atoms with Crippen molar-refractivity contribution < 1.29 is 26.7 Å². The lowest BCUT2D eigenvalue weighted by Crippen LogP contribution is -2.26. The second kappa shape index (κ2) is 5.58. The highest BCUT2D eigenvalue weighted by Gasteiger charge is 2.32. The number of halogens is 5. The van der Waals surface area contributed by atoms with Gasteiger partial charge in [0.15, 0.2) is 0 Å². The summed E-state index contributed by atoms with van der Waals surface area (Å²) in [5.41, 5.74) is -3.65. The standard InChI is InChI=1S/C13H7F5N2O2/c14-6-1-3-9(8(15)5-6)19-11(21)7-2-4-10(13(16,17)18)20-12(7)22/h1-5H,(H,19,21)(H,20,22). The number of alkyl halides is 3. The van der Waals surface area contributed by atoms with Gasteiger partial charge in [-0.25, -0.2) is 8.78 Å². The Morgan fingerprint density at radius 2 is 1.77 bits per heavy atom. The molecule has 1 aromatic carbocycles. The summed E-state index contributed by atoms with van der Waals surface area (Å²) in [6.45, 7) is 0. The van der Waals surface area contributed by atoms with Gasteiger partial charge in [-0.05, 0) is 24.3 Å². The van der Waals surface area contributed by atoms with Gasteiger partial charge in [-0.2, -0.15) is 13.2 Å². The summed E-state index contributed by atoms with van der Waals surface area (Å²) in [4.78, 5) is 24.8. The van der Waals surface area contributed by atoms with Crippen LogP contribution in [0.5, 0.6) is 0 Å². The van der Waals surface area contributed by atoms with Crippen molar-refractivity contribution in [3.05, 3.63) is 63.6 Å². The third kappa shape index (κ3) is 3.30. The molecule has 0 spiro atoms. The maximum atomic E-state index is 13.4. The van der Waals surface area contributed by atoms with E-state index in [0.717, 1.165) is 12.1 Å². The number of rotatable bonds is 2. The van der Waals surface area contributed by atoms with Crippen LogP contribution >= 0.6 is 0 Å². The first kappa shape index (κ1) is 15.7. The quantitative estimate of drug-likeness (QED) is 0.836. The molecule has 0 fully saturated rings. The first-order valence-electron chi connectivity index (χ1n) is 5.75. The fraction of sp³-hybridized carbons (Fsp3) is 0.0769. The van der Waals surface area contributed by atoms with Crippen molar-refractivity contribution in [2.24, 2.45) is 0 Å². The number of pyridine rings is 1. The number of aromatic nitrogens is 1. The maximum absolute atomic E-state index is 13.4. The van der Waals surface area contributed by atoms with Gasteiger partial charge < -0.3 is 10.3 Å². The number of benzene rings is 1. The molecule has 0 unspecified atom stereocenters. The largest absolute Gasteiger partial charge is 0.431 e. The molecule has 2 aromatic rings. The third-order valence-electron chi connectivity index (χ3n) is 2.64. The molecule has 116 valence electrons. The number of anilines is 1. The Balaban J connectivity index is 2.29. The molecule has 0 saturated carbocycles. The van der Waals surface area contributed by atoms with Crippen molar-refractivity contribution in [2.45, 2.75) is 6.18 Å². The minimum Gasteiger partial charge on any atom is -0.319 e. The first-order valence-corrected chi connectivity index (χ1v) is 5.75. The maximum Gasteiger partial charge on any atom is 0.431 e. The number of aromatic amines is 1. The summed E-state index contributed by atoms with van der Waals surface area (Å²) in [5, 5.41) is 1.97. The summed E-state index contributed by atoms with van der Waals surface area (Å²) >= 11 is 0. The topological polar surface area (TPSA) is 62.0 Å². The Labute approximate surface area is 119 Å². The molecule has 0 aliphatic rings. The van der Waals surface area contributed by atoms with E-state index in [2.05, 4.69) is 0 Å². The molecule has 0 aliphatic carbocycles. The van der Waals surface area contributed by atoms with E-state index >= 15 is 0 Å². The summed E-state index contributed by atoms with van der Waals surface area (Å²) in [5.74, 6) is -3.08. The molecular weight excluding hydrogens is 311 g/mol. The monoisotopic (exact) mass is 318 g/mol. The van der Waals surface area contributed by atoms with Crippen LogP contribution in [0.1, 0.15) is 16.1 Å². The lowest BCUT2D eigenvalue weighted by Gasteiger charge is -2.08. The minimum atomic E-state index is -4.77. The van der Waals surface area contributed by atoms with Gasteiger partial charge in [-0.1, -0.05) is 0 Å². The second-order valence-electron chi connectivity index (χ2n) is 4.19. The Morgan fingerprint density at radius 3 is 2.32 bits per heavy atom. The van der Waals surface area contributed by atoms with Crippen molar-refractivity contribution in [3.8, 4) is 0 Å². The van der Waals surface area contributed by atoms with Crippen molar-refractivity contribution in [1.82, 2.24) is 4.98 Å². The van der Waals surface area contributed by atoms with E-state index in [9.17, 15) is 31.5 Å². The number of carbonyl (C=O) groups excluding carboxylic acids is 1. The van der Waals surface area contributed by atoms with Crippen LogP contribution in [-0.4, -0.2) is 10.9 Å². The second-order valence-corrected chi connectivity index (χ2v) is 4.19. The third-order valence-corrected chi connectivity index (χ3v) is 2.64. The van der Waals surface area contributed by atoms with Crippen molar-refractivity contribution >= 4 is 11.6 Å². The van der Waals surface area contributed by atoms with Crippen LogP contribution in [0.4, 0.5) is 27.6 Å². The van der Waals surface area contributed by atoms with Crippen LogP contribution in [0.3, 0.4) is 0 Å². The molecule has 0 saturated heterocycles. The van der Waals surface area contributed by atoms with Crippen molar-refractivity contribution in [1.29, 1.82) is 0 Å². The number of nitrogens with one attached hydrogen (secondary N) is 2. The summed E-state index contributed by atoms with van der Waals surface area (Å²) in [7, 11) is 0. The highest BCUT2D eigenvalue weighted by atomic mass is 19.4. The van der Waals surface area contributed by atoms with E-state index in [1.807, 2.05) is 5.32 Å². The molecule has 0 bridgehead atoms. The normalized spacial score (nSPS) is 11.3. The molecule has 0 aliphatic heterocycles. The van der Waals surface area contributed by atoms with Gasteiger partial charge in [0.2, 0.25) is 0 Å². The van der Waals surface area contributed by atoms with Gasteiger partial charge in [0, 0.05) is 6.07 Å². The molecular formula is C13H7F5N2O2.